The smallest absolute Gasteiger partial charge is 0.164 e. The van der Waals surface area contributed by atoms with Crippen LogP contribution in [-0.2, 0) is 0 Å². The summed E-state index contributed by atoms with van der Waals surface area (Å²) in [6.45, 7) is 0. The molecule has 3 nitrogen and oxygen atoms in total. The molecule has 0 amide bonds. The first-order chi connectivity index (χ1) is 22.7. The molecule has 4 bridgehead atoms. The molecule has 0 spiro atoms. The molecular weight excluding hydrogens is 558 g/mol. The van der Waals surface area contributed by atoms with Gasteiger partial charge in [0.05, 0.1) is 0 Å². The van der Waals surface area contributed by atoms with E-state index in [-0.39, 0.29) is 0 Å². The minimum Gasteiger partial charge on any atom is -0.208 e. The molecule has 220 valence electrons. The molecular formula is C43H33N3. The fourth-order valence-electron chi connectivity index (χ4n) is 9.20. The van der Waals surface area contributed by atoms with E-state index in [9.17, 15) is 0 Å². The molecule has 6 aromatic carbocycles. The molecule has 0 saturated heterocycles. The number of benzene rings is 6. The molecule has 7 aromatic rings. The molecule has 4 fully saturated rings. The Hall–Kier alpha value is -5.15. The number of aromatic nitrogens is 3. The van der Waals surface area contributed by atoms with Gasteiger partial charge in [0.25, 0.3) is 0 Å². The molecule has 3 heteroatoms. The van der Waals surface area contributed by atoms with Crippen molar-refractivity contribution >= 4 is 21.5 Å². The van der Waals surface area contributed by atoms with Crippen LogP contribution in [0.25, 0.3) is 66.8 Å². The Kier molecular flexibility index (Phi) is 5.78. The normalized spacial score (nSPS) is 22.7. The highest BCUT2D eigenvalue weighted by atomic mass is 15.0. The van der Waals surface area contributed by atoms with Crippen molar-refractivity contribution in [3.8, 4) is 45.3 Å². The Morgan fingerprint density at radius 3 is 1.52 bits per heavy atom. The van der Waals surface area contributed by atoms with E-state index in [2.05, 4.69) is 133 Å². The fraction of sp³-hybridized carbons (Fsp3) is 0.186. The predicted octanol–water partition coefficient (Wildman–Crippen LogP) is 10.6. The lowest BCUT2D eigenvalue weighted by Gasteiger charge is -2.22. The second-order valence-corrected chi connectivity index (χ2v) is 13.7. The highest BCUT2D eigenvalue weighted by Gasteiger charge is 2.59. The summed E-state index contributed by atoms with van der Waals surface area (Å²) < 4.78 is 0. The first-order valence-electron chi connectivity index (χ1n) is 16.7. The molecule has 4 aliphatic carbocycles. The third-order valence-electron chi connectivity index (χ3n) is 11.3. The van der Waals surface area contributed by atoms with Gasteiger partial charge in [0.1, 0.15) is 0 Å². The summed E-state index contributed by atoms with van der Waals surface area (Å²) in [5, 5.41) is 4.75. The van der Waals surface area contributed by atoms with E-state index in [4.69, 9.17) is 15.0 Å². The van der Waals surface area contributed by atoms with E-state index in [1.165, 1.54) is 57.5 Å². The molecule has 0 radical (unpaired) electrons. The van der Waals surface area contributed by atoms with E-state index in [1.807, 2.05) is 0 Å². The Morgan fingerprint density at radius 1 is 0.370 bits per heavy atom. The van der Waals surface area contributed by atoms with Crippen molar-refractivity contribution in [2.45, 2.75) is 25.2 Å². The molecule has 0 N–H and O–H groups in total. The lowest BCUT2D eigenvalue weighted by Crippen LogP contribution is -2.11. The summed E-state index contributed by atoms with van der Waals surface area (Å²) in [4.78, 5) is 15.3. The Morgan fingerprint density at radius 2 is 0.870 bits per heavy atom. The number of hydrogen-bond acceptors (Lipinski definition) is 3. The van der Waals surface area contributed by atoms with Gasteiger partial charge in [-0.2, -0.15) is 0 Å². The van der Waals surface area contributed by atoms with E-state index in [0.29, 0.717) is 11.6 Å². The maximum absolute atomic E-state index is 5.12. The minimum atomic E-state index is 0.693. The zero-order valence-electron chi connectivity index (χ0n) is 25.6. The quantitative estimate of drug-likeness (QED) is 0.200. The van der Waals surface area contributed by atoms with Crippen molar-refractivity contribution in [3.05, 3.63) is 139 Å². The lowest BCUT2D eigenvalue weighted by atomic mass is 9.83. The predicted molar refractivity (Wildman–Crippen MR) is 187 cm³/mol. The van der Waals surface area contributed by atoms with Crippen LogP contribution in [0.2, 0.25) is 0 Å². The Bertz CT molecular complexity index is 2260. The summed E-state index contributed by atoms with van der Waals surface area (Å²) in [5.74, 6) is 6.61. The SMILES string of the molecule is c1ccc(-c2ccc3ccc(-c4nc(-c5ccc(C6C7CC8CC7CC86)cc5)nc(-c5ccc6ccccc6c5)n4)cc3c2)cc1. The van der Waals surface area contributed by atoms with Crippen LogP contribution in [0.1, 0.15) is 30.7 Å². The molecule has 4 aliphatic rings. The fourth-order valence-corrected chi connectivity index (χ4v) is 9.20. The van der Waals surface area contributed by atoms with Gasteiger partial charge in [-0.1, -0.05) is 115 Å². The Labute approximate surface area is 269 Å². The standard InChI is InChI=1S/C43H33N3/c1-2-6-26(7-3-1)32-17-10-28-12-19-34(22-35(28)21-32)43-45-41(44-42(46-43)33-18-11-27-8-4-5-9-31(27)20-33)30-15-13-29(14-16-30)40-38-24-36-23-37(38)25-39(36)40/h1-22,36-40H,23-25H2. The first-order valence-corrected chi connectivity index (χ1v) is 16.7. The van der Waals surface area contributed by atoms with Crippen LogP contribution in [0.15, 0.2) is 133 Å². The highest BCUT2D eigenvalue weighted by molar-refractivity contribution is 5.91. The zero-order chi connectivity index (χ0) is 30.2. The van der Waals surface area contributed by atoms with Gasteiger partial charge < -0.3 is 0 Å². The number of nitrogens with zero attached hydrogens (tertiary/aromatic N) is 3. The number of fused-ring (bicyclic) bond motifs is 2. The van der Waals surface area contributed by atoms with Crippen LogP contribution in [0.5, 0.6) is 0 Å². The number of hydrogen-bond donors (Lipinski definition) is 0. The van der Waals surface area contributed by atoms with Crippen molar-refractivity contribution in [3.63, 3.8) is 0 Å². The van der Waals surface area contributed by atoms with Crippen molar-refractivity contribution in [2.75, 3.05) is 0 Å². The summed E-state index contributed by atoms with van der Waals surface area (Å²) in [7, 11) is 0. The largest absolute Gasteiger partial charge is 0.208 e. The van der Waals surface area contributed by atoms with E-state index in [1.54, 1.807) is 0 Å². The van der Waals surface area contributed by atoms with Crippen LogP contribution >= 0.6 is 0 Å². The monoisotopic (exact) mass is 591 g/mol. The van der Waals surface area contributed by atoms with Crippen LogP contribution < -0.4 is 0 Å². The summed E-state index contributed by atoms with van der Waals surface area (Å²) >= 11 is 0. The zero-order valence-corrected chi connectivity index (χ0v) is 25.6. The average molecular weight is 592 g/mol. The van der Waals surface area contributed by atoms with Crippen molar-refractivity contribution in [1.82, 2.24) is 15.0 Å². The first kappa shape index (κ1) is 26.1. The molecule has 1 heterocycles. The highest BCUT2D eigenvalue weighted by Crippen LogP contribution is 2.69. The van der Waals surface area contributed by atoms with Gasteiger partial charge in [-0.3, -0.25) is 0 Å². The van der Waals surface area contributed by atoms with Crippen molar-refractivity contribution in [1.29, 1.82) is 0 Å². The van der Waals surface area contributed by atoms with Crippen molar-refractivity contribution in [2.24, 2.45) is 23.7 Å². The minimum absolute atomic E-state index is 0.693. The summed E-state index contributed by atoms with van der Waals surface area (Å²) in [6.07, 6.45) is 4.38. The van der Waals surface area contributed by atoms with Gasteiger partial charge in [-0.15, -0.1) is 0 Å². The third-order valence-corrected chi connectivity index (χ3v) is 11.3. The Balaban J connectivity index is 1.08. The van der Waals surface area contributed by atoms with E-state index < -0.39 is 0 Å². The van der Waals surface area contributed by atoms with Gasteiger partial charge >= 0.3 is 0 Å². The van der Waals surface area contributed by atoms with Crippen LogP contribution in [0, 0.1) is 23.7 Å². The molecule has 4 atom stereocenters. The van der Waals surface area contributed by atoms with Crippen LogP contribution in [0.4, 0.5) is 0 Å². The maximum atomic E-state index is 5.12. The molecule has 11 rings (SSSR count). The average Bonchev–Trinajstić information content (AvgIpc) is 3.90. The second-order valence-electron chi connectivity index (χ2n) is 13.7. The van der Waals surface area contributed by atoms with Crippen LogP contribution in [-0.4, -0.2) is 15.0 Å². The summed E-state index contributed by atoms with van der Waals surface area (Å²) in [6, 6.07) is 47.9. The van der Waals surface area contributed by atoms with Crippen molar-refractivity contribution < 1.29 is 0 Å². The topological polar surface area (TPSA) is 38.7 Å². The van der Waals surface area contributed by atoms with E-state index in [0.717, 1.165) is 52.1 Å². The third kappa shape index (κ3) is 4.22. The van der Waals surface area contributed by atoms with E-state index >= 15 is 0 Å². The number of rotatable bonds is 5. The van der Waals surface area contributed by atoms with Gasteiger partial charge in [0.15, 0.2) is 17.5 Å². The van der Waals surface area contributed by atoms with Gasteiger partial charge in [-0.05, 0) is 105 Å². The molecule has 4 saturated carbocycles. The molecule has 46 heavy (non-hydrogen) atoms. The van der Waals surface area contributed by atoms with Crippen LogP contribution in [0.3, 0.4) is 0 Å². The van der Waals surface area contributed by atoms with Gasteiger partial charge in [0.2, 0.25) is 0 Å². The lowest BCUT2D eigenvalue weighted by molar-refractivity contribution is 0.398. The molecule has 1 aromatic heterocycles. The van der Waals surface area contributed by atoms with Gasteiger partial charge in [-0.25, -0.2) is 15.0 Å². The summed E-state index contributed by atoms with van der Waals surface area (Å²) in [5.41, 5.74) is 6.94. The maximum Gasteiger partial charge on any atom is 0.164 e. The molecule has 0 aliphatic heterocycles. The van der Waals surface area contributed by atoms with Gasteiger partial charge in [0, 0.05) is 16.7 Å². The second kappa shape index (κ2) is 10.2. The molecule has 4 unspecified atom stereocenters.